The molecule has 1 aromatic heterocycles. The summed E-state index contributed by atoms with van der Waals surface area (Å²) in [6.45, 7) is 6.04. The summed E-state index contributed by atoms with van der Waals surface area (Å²) in [7, 11) is 0. The number of amides is 2. The molecule has 0 radical (unpaired) electrons. The maximum atomic E-state index is 12.3. The Morgan fingerprint density at radius 3 is 2.41 bits per heavy atom. The maximum absolute atomic E-state index is 12.3. The predicted molar refractivity (Wildman–Crippen MR) is 112 cm³/mol. The highest BCUT2D eigenvalue weighted by atomic mass is 35.5. The van der Waals surface area contributed by atoms with Crippen LogP contribution in [0.5, 0.6) is 0 Å². The van der Waals surface area contributed by atoms with Crippen molar-refractivity contribution in [2.45, 2.75) is 33.4 Å². The third-order valence-electron chi connectivity index (χ3n) is 3.76. The second kappa shape index (κ2) is 10.9. The van der Waals surface area contributed by atoms with Crippen LogP contribution in [0.4, 0.5) is 5.69 Å². The SMILES string of the molecule is CC(C)(C)[C@H](N)C(=O)Nc1cccc(C(=O)NCc2ccccn2)c1.Cl.Cl. The number of hydrogen-bond donors (Lipinski definition) is 3. The molecule has 4 N–H and O–H groups in total. The summed E-state index contributed by atoms with van der Waals surface area (Å²) in [5, 5.41) is 5.56. The monoisotopic (exact) mass is 412 g/mol. The summed E-state index contributed by atoms with van der Waals surface area (Å²) in [5.74, 6) is -0.514. The van der Waals surface area contributed by atoms with Gasteiger partial charge < -0.3 is 16.4 Å². The number of carbonyl (C=O) groups excluding carboxylic acids is 2. The van der Waals surface area contributed by atoms with Crippen molar-refractivity contribution in [2.75, 3.05) is 5.32 Å². The number of rotatable bonds is 5. The maximum Gasteiger partial charge on any atom is 0.251 e. The van der Waals surface area contributed by atoms with Crippen molar-refractivity contribution < 1.29 is 9.59 Å². The van der Waals surface area contributed by atoms with E-state index in [1.165, 1.54) is 0 Å². The molecule has 2 rings (SSSR count). The molecule has 1 atom stereocenters. The van der Waals surface area contributed by atoms with Crippen molar-refractivity contribution in [1.29, 1.82) is 0 Å². The van der Waals surface area contributed by atoms with Crippen molar-refractivity contribution in [2.24, 2.45) is 11.1 Å². The first-order valence-corrected chi connectivity index (χ1v) is 8.12. The first-order valence-electron chi connectivity index (χ1n) is 8.12. The largest absolute Gasteiger partial charge is 0.346 e. The standard InChI is InChI=1S/C19H24N4O2.2ClH/c1-19(2,3)16(20)18(25)23-14-9-6-7-13(11-14)17(24)22-12-15-8-4-5-10-21-15;;/h4-11,16H,12,20H2,1-3H3,(H,22,24)(H,23,25);2*1H/t16-;;/m1../s1. The molecule has 0 unspecified atom stereocenters. The Morgan fingerprint density at radius 1 is 1.11 bits per heavy atom. The van der Waals surface area contributed by atoms with Gasteiger partial charge in [0, 0.05) is 17.4 Å². The molecule has 0 saturated heterocycles. The van der Waals surface area contributed by atoms with E-state index in [9.17, 15) is 9.59 Å². The molecule has 0 aliphatic rings. The van der Waals surface area contributed by atoms with Crippen LogP contribution in [-0.2, 0) is 11.3 Å². The number of hydrogen-bond acceptors (Lipinski definition) is 4. The van der Waals surface area contributed by atoms with Gasteiger partial charge in [-0.05, 0) is 35.7 Å². The molecule has 0 fully saturated rings. The highest BCUT2D eigenvalue weighted by molar-refractivity contribution is 5.98. The van der Waals surface area contributed by atoms with E-state index in [2.05, 4.69) is 15.6 Å². The first kappa shape index (κ1) is 24.8. The number of pyridine rings is 1. The zero-order valence-electron chi connectivity index (χ0n) is 15.6. The third kappa shape index (κ3) is 7.54. The summed E-state index contributed by atoms with van der Waals surface area (Å²) >= 11 is 0. The van der Waals surface area contributed by atoms with Crippen molar-refractivity contribution >= 4 is 42.3 Å². The minimum absolute atomic E-state index is 0. The fourth-order valence-corrected chi connectivity index (χ4v) is 2.13. The molecule has 2 aromatic rings. The second-order valence-electron chi connectivity index (χ2n) is 6.92. The van der Waals surface area contributed by atoms with E-state index in [4.69, 9.17) is 5.73 Å². The summed E-state index contributed by atoms with van der Waals surface area (Å²) in [4.78, 5) is 28.6. The van der Waals surface area contributed by atoms with Crippen LogP contribution in [-0.4, -0.2) is 22.8 Å². The Balaban J connectivity index is 0.00000338. The van der Waals surface area contributed by atoms with E-state index >= 15 is 0 Å². The first-order chi connectivity index (χ1) is 11.8. The highest BCUT2D eigenvalue weighted by Gasteiger charge is 2.27. The average Bonchev–Trinajstić information content (AvgIpc) is 2.59. The van der Waals surface area contributed by atoms with Gasteiger partial charge in [-0.15, -0.1) is 24.8 Å². The van der Waals surface area contributed by atoms with E-state index in [-0.39, 0.29) is 42.0 Å². The number of benzene rings is 1. The Hall–Kier alpha value is -2.15. The van der Waals surface area contributed by atoms with Crippen molar-refractivity contribution in [3.63, 3.8) is 0 Å². The summed E-state index contributed by atoms with van der Waals surface area (Å²) < 4.78 is 0. The number of anilines is 1. The molecule has 0 spiro atoms. The van der Waals surface area contributed by atoms with Gasteiger partial charge in [-0.2, -0.15) is 0 Å². The van der Waals surface area contributed by atoms with E-state index in [1.54, 1.807) is 30.5 Å². The van der Waals surface area contributed by atoms with Crippen LogP contribution < -0.4 is 16.4 Å². The number of nitrogens with one attached hydrogen (secondary N) is 2. The molecule has 1 heterocycles. The molecule has 0 saturated carbocycles. The van der Waals surface area contributed by atoms with E-state index in [1.807, 2.05) is 39.0 Å². The predicted octanol–water partition coefficient (Wildman–Crippen LogP) is 3.17. The average molecular weight is 413 g/mol. The van der Waals surface area contributed by atoms with E-state index < -0.39 is 6.04 Å². The lowest BCUT2D eigenvalue weighted by molar-refractivity contribution is -0.119. The molecular formula is C19H26Cl2N4O2. The Morgan fingerprint density at radius 2 is 1.81 bits per heavy atom. The molecule has 6 nitrogen and oxygen atoms in total. The van der Waals surface area contributed by atoms with Gasteiger partial charge in [0.25, 0.3) is 5.91 Å². The second-order valence-corrected chi connectivity index (χ2v) is 6.92. The van der Waals surface area contributed by atoms with Crippen LogP contribution in [0.15, 0.2) is 48.7 Å². The van der Waals surface area contributed by atoms with Gasteiger partial charge in [-0.25, -0.2) is 0 Å². The van der Waals surface area contributed by atoms with E-state index in [0.29, 0.717) is 17.8 Å². The Bertz CT molecular complexity index is 749. The third-order valence-corrected chi connectivity index (χ3v) is 3.76. The number of nitrogens with two attached hydrogens (primary N) is 1. The Kier molecular flexibility index (Phi) is 10.0. The molecule has 148 valence electrons. The summed E-state index contributed by atoms with van der Waals surface area (Å²) in [6, 6.07) is 11.6. The van der Waals surface area contributed by atoms with Gasteiger partial charge in [-0.3, -0.25) is 14.6 Å². The van der Waals surface area contributed by atoms with Gasteiger partial charge in [0.2, 0.25) is 5.91 Å². The quantitative estimate of drug-likeness (QED) is 0.702. The molecule has 27 heavy (non-hydrogen) atoms. The molecule has 2 amide bonds. The van der Waals surface area contributed by atoms with E-state index in [0.717, 1.165) is 5.69 Å². The van der Waals surface area contributed by atoms with Crippen LogP contribution in [0.1, 0.15) is 36.8 Å². The van der Waals surface area contributed by atoms with Crippen molar-refractivity contribution in [3.05, 3.63) is 59.9 Å². The lowest BCUT2D eigenvalue weighted by Gasteiger charge is -2.25. The number of halogens is 2. The summed E-state index contributed by atoms with van der Waals surface area (Å²) in [6.07, 6.45) is 1.68. The topological polar surface area (TPSA) is 97.1 Å². The zero-order valence-corrected chi connectivity index (χ0v) is 17.2. The van der Waals surface area contributed by atoms with Crippen LogP contribution in [0.25, 0.3) is 0 Å². The number of carbonyl (C=O) groups is 2. The lowest BCUT2D eigenvalue weighted by atomic mass is 9.87. The fourth-order valence-electron chi connectivity index (χ4n) is 2.13. The van der Waals surface area contributed by atoms with Crippen LogP contribution in [0.2, 0.25) is 0 Å². The number of nitrogens with zero attached hydrogens (tertiary/aromatic N) is 1. The van der Waals surface area contributed by atoms with Crippen LogP contribution in [0.3, 0.4) is 0 Å². The van der Waals surface area contributed by atoms with Gasteiger partial charge in [-0.1, -0.05) is 32.9 Å². The fraction of sp³-hybridized carbons (Fsp3) is 0.316. The number of aromatic nitrogens is 1. The lowest BCUT2D eigenvalue weighted by Crippen LogP contribution is -2.45. The smallest absolute Gasteiger partial charge is 0.251 e. The molecular weight excluding hydrogens is 387 g/mol. The van der Waals surface area contributed by atoms with Crippen LogP contribution >= 0.6 is 24.8 Å². The molecule has 0 bridgehead atoms. The highest BCUT2D eigenvalue weighted by Crippen LogP contribution is 2.19. The van der Waals surface area contributed by atoms with Crippen molar-refractivity contribution in [1.82, 2.24) is 10.3 Å². The molecule has 1 aromatic carbocycles. The molecule has 0 aliphatic carbocycles. The van der Waals surface area contributed by atoms with Gasteiger partial charge in [0.1, 0.15) is 0 Å². The van der Waals surface area contributed by atoms with Gasteiger partial charge >= 0.3 is 0 Å². The normalized spacial score (nSPS) is 11.4. The minimum Gasteiger partial charge on any atom is -0.346 e. The van der Waals surface area contributed by atoms with Gasteiger partial charge in [0.15, 0.2) is 0 Å². The Labute approximate surface area is 172 Å². The van der Waals surface area contributed by atoms with Crippen LogP contribution in [0, 0.1) is 5.41 Å². The minimum atomic E-state index is -0.644. The van der Waals surface area contributed by atoms with Gasteiger partial charge in [0.05, 0.1) is 18.3 Å². The molecule has 0 aliphatic heterocycles. The molecule has 8 heteroatoms. The zero-order chi connectivity index (χ0) is 18.4. The van der Waals surface area contributed by atoms with Crippen molar-refractivity contribution in [3.8, 4) is 0 Å². The summed E-state index contributed by atoms with van der Waals surface area (Å²) in [5.41, 5.74) is 7.38.